The number of morpholine rings is 1. The van der Waals surface area contributed by atoms with Gasteiger partial charge in [0.2, 0.25) is 0 Å². The van der Waals surface area contributed by atoms with Crippen LogP contribution in [-0.4, -0.2) is 55.2 Å². The second-order valence-electron chi connectivity index (χ2n) is 9.21. The van der Waals surface area contributed by atoms with Gasteiger partial charge in [-0.3, -0.25) is 9.69 Å². The minimum Gasteiger partial charge on any atom is -0.482 e. The number of halogens is 4. The van der Waals surface area contributed by atoms with Crippen LogP contribution in [0.3, 0.4) is 0 Å². The molecular weight excluding hydrogens is 516 g/mol. The third-order valence-corrected chi connectivity index (χ3v) is 6.47. The molecule has 11 heteroatoms. The number of hydrogen-bond donors (Lipinski definition) is 2. The maximum Gasteiger partial charge on any atom is 0.419 e. The van der Waals surface area contributed by atoms with Crippen LogP contribution in [0, 0.1) is 5.82 Å². The number of ether oxygens (including phenoxy) is 2. The molecule has 4 rings (SSSR count). The van der Waals surface area contributed by atoms with Gasteiger partial charge in [0.15, 0.2) is 11.6 Å². The Bertz CT molecular complexity index is 1280. The van der Waals surface area contributed by atoms with Gasteiger partial charge < -0.3 is 20.5 Å². The predicted octanol–water partition coefficient (Wildman–Crippen LogP) is 5.08. The number of alkyl halides is 3. The standard InChI is InChI=1S/C28H30F4N4O3/c1-18(22-4-2-5-23(29)25(22)28(30,31)32)39-24-16-21(17-35-26(24)33)19-6-8-20(9-7-19)27(37)34-10-3-11-36-12-14-38-15-13-36/h2,4-9,16-18H,3,10-15H2,1H3,(H2,33,35)(H,34,37). The number of nitrogen functional groups attached to an aromatic ring is 1. The molecule has 1 fully saturated rings. The Morgan fingerprint density at radius 3 is 2.56 bits per heavy atom. The normalized spacial score (nSPS) is 15.1. The molecule has 2 heterocycles. The maximum absolute atomic E-state index is 14.0. The van der Waals surface area contributed by atoms with Crippen LogP contribution in [0.4, 0.5) is 23.4 Å². The van der Waals surface area contributed by atoms with Gasteiger partial charge in [-0.15, -0.1) is 0 Å². The molecule has 0 saturated carbocycles. The zero-order chi connectivity index (χ0) is 28.0. The number of nitrogens with two attached hydrogens (primary N) is 1. The molecule has 0 aliphatic carbocycles. The van der Waals surface area contributed by atoms with Crippen molar-refractivity contribution < 1.29 is 31.8 Å². The summed E-state index contributed by atoms with van der Waals surface area (Å²) in [5.41, 5.74) is 5.96. The zero-order valence-corrected chi connectivity index (χ0v) is 21.4. The van der Waals surface area contributed by atoms with Crippen LogP contribution >= 0.6 is 0 Å². The second-order valence-corrected chi connectivity index (χ2v) is 9.21. The highest BCUT2D eigenvalue weighted by Crippen LogP contribution is 2.38. The lowest BCUT2D eigenvalue weighted by Gasteiger charge is -2.26. The molecule has 1 amide bonds. The summed E-state index contributed by atoms with van der Waals surface area (Å²) < 4.78 is 65.4. The van der Waals surface area contributed by atoms with Gasteiger partial charge in [-0.2, -0.15) is 13.2 Å². The van der Waals surface area contributed by atoms with E-state index < -0.39 is 23.7 Å². The van der Waals surface area contributed by atoms with E-state index >= 15 is 0 Å². The van der Waals surface area contributed by atoms with Gasteiger partial charge in [-0.05, 0) is 49.7 Å². The fraction of sp³-hybridized carbons (Fsp3) is 0.357. The molecule has 0 spiro atoms. The van der Waals surface area contributed by atoms with Crippen molar-refractivity contribution in [2.45, 2.75) is 25.6 Å². The maximum atomic E-state index is 14.0. The van der Waals surface area contributed by atoms with Gasteiger partial charge in [0.25, 0.3) is 5.91 Å². The number of nitrogens with one attached hydrogen (secondary N) is 1. The summed E-state index contributed by atoms with van der Waals surface area (Å²) in [6, 6.07) is 11.5. The number of anilines is 1. The molecule has 1 atom stereocenters. The van der Waals surface area contributed by atoms with Crippen LogP contribution in [0.2, 0.25) is 0 Å². The van der Waals surface area contributed by atoms with Crippen LogP contribution < -0.4 is 15.8 Å². The third kappa shape index (κ3) is 7.24. The monoisotopic (exact) mass is 546 g/mol. The largest absolute Gasteiger partial charge is 0.482 e. The summed E-state index contributed by atoms with van der Waals surface area (Å²) >= 11 is 0. The fourth-order valence-electron chi connectivity index (χ4n) is 4.39. The molecule has 0 bridgehead atoms. The second kappa shape index (κ2) is 12.4. The highest BCUT2D eigenvalue weighted by atomic mass is 19.4. The van der Waals surface area contributed by atoms with Crippen LogP contribution in [0.5, 0.6) is 5.75 Å². The van der Waals surface area contributed by atoms with Crippen molar-refractivity contribution in [3.05, 3.63) is 77.2 Å². The Kier molecular flexibility index (Phi) is 9.03. The smallest absolute Gasteiger partial charge is 0.419 e. The lowest BCUT2D eigenvalue weighted by molar-refractivity contribution is -0.141. The first-order valence-corrected chi connectivity index (χ1v) is 12.6. The Morgan fingerprint density at radius 1 is 1.15 bits per heavy atom. The van der Waals surface area contributed by atoms with E-state index in [2.05, 4.69) is 15.2 Å². The van der Waals surface area contributed by atoms with Crippen molar-refractivity contribution >= 4 is 11.7 Å². The summed E-state index contributed by atoms with van der Waals surface area (Å²) in [5, 5.41) is 2.92. The molecule has 1 unspecified atom stereocenters. The lowest BCUT2D eigenvalue weighted by atomic mass is 10.0. The van der Waals surface area contributed by atoms with Crippen LogP contribution in [0.1, 0.15) is 40.9 Å². The fourth-order valence-corrected chi connectivity index (χ4v) is 4.39. The first kappa shape index (κ1) is 28.3. The third-order valence-electron chi connectivity index (χ3n) is 6.47. The summed E-state index contributed by atoms with van der Waals surface area (Å²) in [7, 11) is 0. The molecule has 1 aliphatic heterocycles. The van der Waals surface area contributed by atoms with Crippen molar-refractivity contribution in [2.24, 2.45) is 0 Å². The zero-order valence-electron chi connectivity index (χ0n) is 21.4. The van der Waals surface area contributed by atoms with Crippen molar-refractivity contribution in [3.63, 3.8) is 0 Å². The van der Waals surface area contributed by atoms with Crippen molar-refractivity contribution in [1.29, 1.82) is 0 Å². The molecule has 208 valence electrons. The molecular formula is C28H30F4N4O3. The topological polar surface area (TPSA) is 89.7 Å². The molecule has 1 aliphatic rings. The van der Waals surface area contributed by atoms with Crippen molar-refractivity contribution in [3.8, 4) is 16.9 Å². The summed E-state index contributed by atoms with van der Waals surface area (Å²) in [6.45, 7) is 6.11. The number of carbonyl (C=O) groups excluding carboxylic acids is 1. The minimum atomic E-state index is -4.89. The molecule has 3 N–H and O–H groups in total. The summed E-state index contributed by atoms with van der Waals surface area (Å²) in [6.07, 6.45) is -3.72. The van der Waals surface area contributed by atoms with Gasteiger partial charge in [-0.25, -0.2) is 9.37 Å². The highest BCUT2D eigenvalue weighted by molar-refractivity contribution is 5.94. The number of benzene rings is 2. The number of amides is 1. The Balaban J connectivity index is 1.40. The summed E-state index contributed by atoms with van der Waals surface area (Å²) in [4.78, 5) is 18.9. The lowest BCUT2D eigenvalue weighted by Crippen LogP contribution is -2.38. The first-order chi connectivity index (χ1) is 18.6. The highest BCUT2D eigenvalue weighted by Gasteiger charge is 2.38. The van der Waals surface area contributed by atoms with Crippen molar-refractivity contribution in [1.82, 2.24) is 15.2 Å². The van der Waals surface area contributed by atoms with E-state index in [1.165, 1.54) is 19.2 Å². The van der Waals surface area contributed by atoms with E-state index in [0.29, 0.717) is 23.2 Å². The van der Waals surface area contributed by atoms with Gasteiger partial charge in [0.05, 0.1) is 18.8 Å². The SMILES string of the molecule is CC(Oc1cc(-c2ccc(C(=O)NCCCN3CCOCC3)cc2)cnc1N)c1cccc(F)c1C(F)(F)F. The number of hydrogen-bond acceptors (Lipinski definition) is 6. The Labute approximate surface area is 223 Å². The predicted molar refractivity (Wildman–Crippen MR) is 139 cm³/mol. The van der Waals surface area contributed by atoms with Crippen LogP contribution in [0.15, 0.2) is 54.7 Å². The Morgan fingerprint density at radius 2 is 1.87 bits per heavy atom. The molecule has 3 aromatic rings. The van der Waals surface area contributed by atoms with Crippen molar-refractivity contribution in [2.75, 3.05) is 45.1 Å². The number of rotatable bonds is 9. The van der Waals surface area contributed by atoms with E-state index in [1.807, 2.05) is 0 Å². The average molecular weight is 547 g/mol. The van der Waals surface area contributed by atoms with E-state index in [1.54, 1.807) is 30.3 Å². The quantitative estimate of drug-likeness (QED) is 0.288. The van der Waals surface area contributed by atoms with Crippen LogP contribution in [-0.2, 0) is 10.9 Å². The van der Waals surface area contributed by atoms with E-state index in [9.17, 15) is 22.4 Å². The Hall–Kier alpha value is -3.70. The first-order valence-electron chi connectivity index (χ1n) is 12.6. The van der Waals surface area contributed by atoms with E-state index in [0.717, 1.165) is 51.4 Å². The molecule has 0 radical (unpaired) electrons. The summed E-state index contributed by atoms with van der Waals surface area (Å²) in [5.74, 6) is -1.54. The average Bonchev–Trinajstić information content (AvgIpc) is 2.92. The molecule has 2 aromatic carbocycles. The molecule has 1 aromatic heterocycles. The van der Waals surface area contributed by atoms with E-state index in [4.69, 9.17) is 15.2 Å². The number of carbonyl (C=O) groups is 1. The molecule has 1 saturated heterocycles. The molecule has 39 heavy (non-hydrogen) atoms. The van der Waals surface area contributed by atoms with Gasteiger partial charge >= 0.3 is 6.18 Å². The van der Waals surface area contributed by atoms with Gasteiger partial charge in [0.1, 0.15) is 11.9 Å². The van der Waals surface area contributed by atoms with Gasteiger partial charge in [0, 0.05) is 42.5 Å². The number of aromatic nitrogens is 1. The molecule has 7 nitrogen and oxygen atoms in total. The van der Waals surface area contributed by atoms with Gasteiger partial charge in [-0.1, -0.05) is 24.3 Å². The number of nitrogens with zero attached hydrogens (tertiary/aromatic N) is 2. The minimum absolute atomic E-state index is 0.0244. The van der Waals surface area contributed by atoms with E-state index in [-0.39, 0.29) is 23.0 Å². The number of pyridine rings is 1. The van der Waals surface area contributed by atoms with Crippen LogP contribution in [0.25, 0.3) is 11.1 Å².